The molecular weight excluding hydrogens is 370 g/mol. The van der Waals surface area contributed by atoms with Gasteiger partial charge in [-0.15, -0.1) is 0 Å². The fraction of sp³-hybridized carbons (Fsp3) is 0.304. The van der Waals surface area contributed by atoms with Crippen molar-refractivity contribution in [2.75, 3.05) is 20.2 Å². The molecule has 1 amide bonds. The maximum atomic E-state index is 12.4. The first-order chi connectivity index (χ1) is 14.1. The van der Waals surface area contributed by atoms with Crippen molar-refractivity contribution in [1.82, 2.24) is 4.90 Å². The second-order valence-corrected chi connectivity index (χ2v) is 7.16. The van der Waals surface area contributed by atoms with Gasteiger partial charge in [-0.05, 0) is 42.7 Å². The molecule has 1 saturated heterocycles. The molecule has 0 atom stereocenters. The van der Waals surface area contributed by atoms with Crippen LogP contribution in [0, 0.1) is 0 Å². The lowest BCUT2D eigenvalue weighted by Gasteiger charge is -2.15. The monoisotopic (exact) mass is 393 g/mol. The van der Waals surface area contributed by atoms with Gasteiger partial charge in [0.05, 0.1) is 19.8 Å². The van der Waals surface area contributed by atoms with E-state index in [0.717, 1.165) is 42.4 Å². The molecule has 3 aromatic rings. The average Bonchev–Trinajstić information content (AvgIpc) is 3.42. The van der Waals surface area contributed by atoms with Gasteiger partial charge in [0.2, 0.25) is 0 Å². The van der Waals surface area contributed by atoms with Gasteiger partial charge in [0, 0.05) is 35.7 Å². The van der Waals surface area contributed by atoms with Crippen molar-refractivity contribution in [2.45, 2.75) is 25.9 Å². The summed E-state index contributed by atoms with van der Waals surface area (Å²) in [5.41, 5.74) is 2.96. The number of benzene rings is 2. The number of likely N-dealkylation sites (tertiary alicyclic amines) is 1. The molecule has 0 bridgehead atoms. The number of ether oxygens (including phenoxy) is 2. The zero-order chi connectivity index (χ0) is 20.2. The number of esters is 1. The molecule has 0 aliphatic carbocycles. The molecule has 2 aromatic carbocycles. The van der Waals surface area contributed by atoms with Crippen molar-refractivity contribution in [3.05, 3.63) is 65.4 Å². The van der Waals surface area contributed by atoms with Gasteiger partial charge in [0.1, 0.15) is 17.9 Å². The third-order valence-electron chi connectivity index (χ3n) is 5.19. The molecule has 6 heteroatoms. The van der Waals surface area contributed by atoms with Crippen molar-refractivity contribution in [3.63, 3.8) is 0 Å². The van der Waals surface area contributed by atoms with Crippen LogP contribution in [0.4, 0.5) is 0 Å². The summed E-state index contributed by atoms with van der Waals surface area (Å²) in [4.78, 5) is 26.5. The highest BCUT2D eigenvalue weighted by atomic mass is 16.5. The molecule has 150 valence electrons. The first-order valence-corrected chi connectivity index (χ1v) is 9.72. The number of hydrogen-bond acceptors (Lipinski definition) is 5. The Morgan fingerprint density at radius 3 is 2.55 bits per heavy atom. The molecule has 1 fully saturated rings. The molecule has 0 radical (unpaired) electrons. The second-order valence-electron chi connectivity index (χ2n) is 7.16. The first kappa shape index (κ1) is 19.1. The molecule has 0 unspecified atom stereocenters. The van der Waals surface area contributed by atoms with Crippen LogP contribution >= 0.6 is 0 Å². The summed E-state index contributed by atoms with van der Waals surface area (Å²) in [7, 11) is 1.59. The molecule has 6 nitrogen and oxygen atoms in total. The van der Waals surface area contributed by atoms with E-state index in [4.69, 9.17) is 13.9 Å². The van der Waals surface area contributed by atoms with Crippen molar-refractivity contribution in [3.8, 4) is 5.75 Å². The summed E-state index contributed by atoms with van der Waals surface area (Å²) >= 11 is 0. The van der Waals surface area contributed by atoms with E-state index in [0.29, 0.717) is 16.9 Å². The van der Waals surface area contributed by atoms with Crippen LogP contribution < -0.4 is 4.74 Å². The van der Waals surface area contributed by atoms with Crippen LogP contribution in [0.2, 0.25) is 0 Å². The Labute approximate surface area is 169 Å². The molecule has 2 heterocycles. The molecular formula is C23H23NO5. The summed E-state index contributed by atoms with van der Waals surface area (Å²) in [5, 5.41) is 0.868. The van der Waals surface area contributed by atoms with Crippen molar-refractivity contribution < 1.29 is 23.5 Å². The van der Waals surface area contributed by atoms with Crippen LogP contribution in [-0.4, -0.2) is 37.0 Å². The molecule has 0 saturated carbocycles. The fourth-order valence-electron chi connectivity index (χ4n) is 3.54. The normalized spacial score (nSPS) is 13.6. The lowest BCUT2D eigenvalue weighted by molar-refractivity contribution is -0.144. The van der Waals surface area contributed by atoms with Crippen LogP contribution in [0.1, 0.15) is 34.3 Å². The highest BCUT2D eigenvalue weighted by molar-refractivity contribution is 5.94. The van der Waals surface area contributed by atoms with Gasteiger partial charge in [0.15, 0.2) is 0 Å². The van der Waals surface area contributed by atoms with E-state index < -0.39 is 0 Å². The average molecular weight is 393 g/mol. The predicted molar refractivity (Wildman–Crippen MR) is 108 cm³/mol. The van der Waals surface area contributed by atoms with Gasteiger partial charge >= 0.3 is 5.97 Å². The van der Waals surface area contributed by atoms with Gasteiger partial charge < -0.3 is 18.8 Å². The highest BCUT2D eigenvalue weighted by Crippen LogP contribution is 2.26. The van der Waals surface area contributed by atoms with E-state index in [9.17, 15) is 9.59 Å². The number of methoxy groups -OCH3 is 1. The summed E-state index contributed by atoms with van der Waals surface area (Å²) in [6, 6.07) is 12.7. The second kappa shape index (κ2) is 8.39. The number of amides is 1. The fourth-order valence-corrected chi connectivity index (χ4v) is 3.54. The SMILES string of the molecule is COc1ccc2c(CC(=O)OCc3ccc(C(=O)N4CCCC4)cc3)coc2c1. The summed E-state index contributed by atoms with van der Waals surface area (Å²) in [5.74, 6) is 0.433. The smallest absolute Gasteiger partial charge is 0.310 e. The van der Waals surface area contributed by atoms with E-state index in [2.05, 4.69) is 0 Å². The quantitative estimate of drug-likeness (QED) is 0.593. The molecule has 0 N–H and O–H groups in total. The van der Waals surface area contributed by atoms with Crippen LogP contribution in [0.3, 0.4) is 0 Å². The molecule has 0 spiro atoms. The van der Waals surface area contributed by atoms with Crippen LogP contribution in [0.15, 0.2) is 53.1 Å². The summed E-state index contributed by atoms with van der Waals surface area (Å²) in [6.07, 6.45) is 3.84. The van der Waals surface area contributed by atoms with E-state index in [-0.39, 0.29) is 24.9 Å². The van der Waals surface area contributed by atoms with E-state index in [1.54, 1.807) is 31.6 Å². The minimum Gasteiger partial charge on any atom is -0.497 e. The molecule has 29 heavy (non-hydrogen) atoms. The topological polar surface area (TPSA) is 69.0 Å². The maximum Gasteiger partial charge on any atom is 0.310 e. The Morgan fingerprint density at radius 1 is 1.07 bits per heavy atom. The number of hydrogen-bond donors (Lipinski definition) is 0. The van der Waals surface area contributed by atoms with E-state index in [1.165, 1.54) is 0 Å². The van der Waals surface area contributed by atoms with Crippen molar-refractivity contribution >= 4 is 22.8 Å². The Morgan fingerprint density at radius 2 is 1.83 bits per heavy atom. The minimum atomic E-state index is -0.333. The third kappa shape index (κ3) is 4.26. The Bertz CT molecular complexity index is 1020. The largest absolute Gasteiger partial charge is 0.497 e. The van der Waals surface area contributed by atoms with Gasteiger partial charge in [-0.2, -0.15) is 0 Å². The lowest BCUT2D eigenvalue weighted by Crippen LogP contribution is -2.27. The zero-order valence-electron chi connectivity index (χ0n) is 16.3. The van der Waals surface area contributed by atoms with E-state index in [1.807, 2.05) is 29.2 Å². The van der Waals surface area contributed by atoms with Crippen molar-refractivity contribution in [2.24, 2.45) is 0 Å². The number of fused-ring (bicyclic) bond motifs is 1. The lowest BCUT2D eigenvalue weighted by atomic mass is 10.1. The van der Waals surface area contributed by atoms with Gasteiger partial charge in [0.25, 0.3) is 5.91 Å². The highest BCUT2D eigenvalue weighted by Gasteiger charge is 2.19. The third-order valence-corrected chi connectivity index (χ3v) is 5.19. The Hall–Kier alpha value is -3.28. The van der Waals surface area contributed by atoms with Gasteiger partial charge in [-0.25, -0.2) is 0 Å². The number of carbonyl (C=O) groups is 2. The summed E-state index contributed by atoms with van der Waals surface area (Å²) in [6.45, 7) is 1.82. The van der Waals surface area contributed by atoms with Gasteiger partial charge in [-0.3, -0.25) is 9.59 Å². The number of nitrogens with zero attached hydrogens (tertiary/aromatic N) is 1. The van der Waals surface area contributed by atoms with Gasteiger partial charge in [-0.1, -0.05) is 12.1 Å². The van der Waals surface area contributed by atoms with Crippen LogP contribution in [0.5, 0.6) is 5.75 Å². The molecule has 4 rings (SSSR count). The first-order valence-electron chi connectivity index (χ1n) is 9.72. The maximum absolute atomic E-state index is 12.4. The minimum absolute atomic E-state index is 0.0644. The van der Waals surface area contributed by atoms with E-state index >= 15 is 0 Å². The predicted octanol–water partition coefficient (Wildman–Crippen LogP) is 3.96. The number of carbonyl (C=O) groups excluding carboxylic acids is 2. The molecule has 1 aromatic heterocycles. The molecule has 1 aliphatic rings. The van der Waals surface area contributed by atoms with Crippen LogP contribution in [0.25, 0.3) is 11.0 Å². The van der Waals surface area contributed by atoms with Crippen molar-refractivity contribution in [1.29, 1.82) is 0 Å². The molecule has 1 aliphatic heterocycles. The number of rotatable bonds is 6. The summed E-state index contributed by atoms with van der Waals surface area (Å²) < 4.78 is 16.1. The zero-order valence-corrected chi connectivity index (χ0v) is 16.3. The standard InChI is InChI=1S/C23H23NO5/c1-27-19-8-9-20-18(15-28-21(20)13-19)12-22(25)29-14-16-4-6-17(7-5-16)23(26)24-10-2-3-11-24/h4-9,13,15H,2-3,10-12,14H2,1H3. The Kier molecular flexibility index (Phi) is 5.51. The Balaban J connectivity index is 1.33. The van der Waals surface area contributed by atoms with Crippen LogP contribution in [-0.2, 0) is 22.6 Å². The number of furan rings is 1.